The zero-order valence-electron chi connectivity index (χ0n) is 13.3. The summed E-state index contributed by atoms with van der Waals surface area (Å²) in [5.41, 5.74) is -0.526. The number of nitrogens with zero attached hydrogens (tertiary/aromatic N) is 2. The van der Waals surface area contributed by atoms with Gasteiger partial charge in [-0.15, -0.1) is 0 Å². The van der Waals surface area contributed by atoms with E-state index < -0.39 is 21.3 Å². The second kappa shape index (κ2) is 5.89. The molecule has 9 heteroatoms. The Morgan fingerprint density at radius 1 is 1.38 bits per heavy atom. The van der Waals surface area contributed by atoms with Crippen LogP contribution >= 0.6 is 11.8 Å². The van der Waals surface area contributed by atoms with Gasteiger partial charge in [-0.3, -0.25) is 14.6 Å². The first kappa shape index (κ1) is 17.0. The van der Waals surface area contributed by atoms with Crippen LogP contribution in [0.4, 0.5) is 5.69 Å². The predicted molar refractivity (Wildman–Crippen MR) is 93.7 cm³/mol. The van der Waals surface area contributed by atoms with E-state index in [0.29, 0.717) is 11.7 Å². The smallest absolute Gasteiger partial charge is 0.257 e. The lowest BCUT2D eigenvalue weighted by atomic mass is 9.95. The van der Waals surface area contributed by atoms with Gasteiger partial charge in [0.25, 0.3) is 5.91 Å². The molecule has 1 fully saturated rings. The molecule has 7 nitrogen and oxygen atoms in total. The first-order valence-electron chi connectivity index (χ1n) is 7.37. The lowest BCUT2D eigenvalue weighted by molar-refractivity contribution is -0.123. The molecule has 3 rings (SSSR count). The molecular weight excluding hydrogens is 350 g/mol. The third kappa shape index (κ3) is 3.05. The van der Waals surface area contributed by atoms with Crippen LogP contribution in [0.3, 0.4) is 0 Å². The monoisotopic (exact) mass is 367 g/mol. The molecule has 128 valence electrons. The summed E-state index contributed by atoms with van der Waals surface area (Å²) in [5, 5.41) is 3.23. The average Bonchev–Trinajstić information content (AvgIpc) is 3.04. The Balaban J connectivity index is 1.90. The molecule has 0 atom stereocenters. The SMILES string of the molecule is CC1(C)CS(=O)(=O)N(c2cccc(C(=O)NC3=NCCS3)c2)C1=O. The number of sulfonamides is 1. The Kier molecular flexibility index (Phi) is 4.16. The lowest BCUT2D eigenvalue weighted by Gasteiger charge is -2.18. The molecule has 1 N–H and O–H groups in total. The largest absolute Gasteiger partial charge is 0.301 e. The van der Waals surface area contributed by atoms with Crippen LogP contribution in [-0.4, -0.2) is 43.5 Å². The van der Waals surface area contributed by atoms with Gasteiger partial charge in [0, 0.05) is 11.3 Å². The first-order chi connectivity index (χ1) is 11.2. The summed E-state index contributed by atoms with van der Waals surface area (Å²) in [5.74, 6) is -0.294. The van der Waals surface area contributed by atoms with Crippen LogP contribution in [0.2, 0.25) is 0 Å². The average molecular weight is 367 g/mol. The zero-order chi connectivity index (χ0) is 17.5. The Morgan fingerprint density at radius 2 is 2.12 bits per heavy atom. The van der Waals surface area contributed by atoms with E-state index in [9.17, 15) is 18.0 Å². The maximum atomic E-state index is 12.4. The second-order valence-corrected chi connectivity index (χ2v) is 9.15. The van der Waals surface area contributed by atoms with Crippen molar-refractivity contribution in [3.63, 3.8) is 0 Å². The summed E-state index contributed by atoms with van der Waals surface area (Å²) in [6.07, 6.45) is 0. The number of carbonyl (C=O) groups excluding carboxylic acids is 2. The van der Waals surface area contributed by atoms with E-state index in [4.69, 9.17) is 0 Å². The summed E-state index contributed by atoms with van der Waals surface area (Å²) >= 11 is 1.45. The molecule has 0 saturated carbocycles. The molecule has 0 bridgehead atoms. The number of carbonyl (C=O) groups is 2. The Bertz CT molecular complexity index is 846. The molecule has 1 saturated heterocycles. The lowest BCUT2D eigenvalue weighted by Crippen LogP contribution is -2.33. The highest BCUT2D eigenvalue weighted by Crippen LogP contribution is 2.35. The van der Waals surface area contributed by atoms with Crippen LogP contribution < -0.4 is 9.62 Å². The first-order valence-corrected chi connectivity index (χ1v) is 9.96. The quantitative estimate of drug-likeness (QED) is 0.848. The van der Waals surface area contributed by atoms with Crippen LogP contribution in [0.25, 0.3) is 0 Å². The molecule has 0 radical (unpaired) electrons. The van der Waals surface area contributed by atoms with E-state index in [-0.39, 0.29) is 22.9 Å². The van der Waals surface area contributed by atoms with Gasteiger partial charge in [-0.2, -0.15) is 0 Å². The molecule has 2 amide bonds. The number of rotatable bonds is 2. The maximum absolute atomic E-state index is 12.4. The van der Waals surface area contributed by atoms with Gasteiger partial charge in [0.15, 0.2) is 5.17 Å². The number of aliphatic imine (C=N–C) groups is 1. The highest BCUT2D eigenvalue weighted by Gasteiger charge is 2.49. The standard InChI is InChI=1S/C15H17N3O4S2/c1-15(2)9-24(21,22)18(13(15)20)11-5-3-4-10(8-11)12(19)17-14-16-6-7-23-14/h3-5,8H,6-7,9H2,1-2H3,(H,16,17,19). The van der Waals surface area contributed by atoms with Crippen molar-refractivity contribution < 1.29 is 18.0 Å². The number of thioether (sulfide) groups is 1. The minimum atomic E-state index is -3.74. The predicted octanol–water partition coefficient (Wildman–Crippen LogP) is 1.22. The molecule has 0 unspecified atom stereocenters. The molecule has 24 heavy (non-hydrogen) atoms. The normalized spacial score (nSPS) is 21.7. The van der Waals surface area contributed by atoms with Crippen molar-refractivity contribution in [3.05, 3.63) is 29.8 Å². The number of nitrogens with one attached hydrogen (secondary N) is 1. The van der Waals surface area contributed by atoms with Crippen LogP contribution in [0.5, 0.6) is 0 Å². The summed E-state index contributed by atoms with van der Waals surface area (Å²) in [6, 6.07) is 6.04. The number of hydrogen-bond donors (Lipinski definition) is 1. The van der Waals surface area contributed by atoms with Crippen molar-refractivity contribution in [2.24, 2.45) is 10.4 Å². The van der Waals surface area contributed by atoms with Crippen LogP contribution in [-0.2, 0) is 14.8 Å². The summed E-state index contributed by atoms with van der Waals surface area (Å²) < 4.78 is 25.5. The minimum absolute atomic E-state index is 0.180. The van der Waals surface area contributed by atoms with Crippen molar-refractivity contribution in [1.29, 1.82) is 0 Å². The Hall–Kier alpha value is -1.87. The third-order valence-electron chi connectivity index (χ3n) is 3.73. The number of anilines is 1. The number of hydrogen-bond acceptors (Lipinski definition) is 6. The fraction of sp³-hybridized carbons (Fsp3) is 0.400. The highest BCUT2D eigenvalue weighted by molar-refractivity contribution is 8.14. The van der Waals surface area contributed by atoms with E-state index in [1.165, 1.54) is 23.9 Å². The number of amidine groups is 1. The van der Waals surface area contributed by atoms with Gasteiger partial charge in [0.2, 0.25) is 15.9 Å². The molecule has 2 aliphatic rings. The van der Waals surface area contributed by atoms with Gasteiger partial charge >= 0.3 is 0 Å². The van der Waals surface area contributed by atoms with Gasteiger partial charge in [0.1, 0.15) is 0 Å². The second-order valence-electron chi connectivity index (χ2n) is 6.25. The van der Waals surface area contributed by atoms with Crippen molar-refractivity contribution in [2.45, 2.75) is 13.8 Å². The van der Waals surface area contributed by atoms with Gasteiger partial charge in [-0.25, -0.2) is 12.7 Å². The molecule has 2 aliphatic heterocycles. The van der Waals surface area contributed by atoms with E-state index in [0.717, 1.165) is 10.1 Å². The van der Waals surface area contributed by atoms with Crippen molar-refractivity contribution in [2.75, 3.05) is 22.4 Å². The van der Waals surface area contributed by atoms with E-state index >= 15 is 0 Å². The molecule has 2 heterocycles. The van der Waals surface area contributed by atoms with Crippen LogP contribution in [0.15, 0.2) is 29.3 Å². The van der Waals surface area contributed by atoms with Crippen molar-refractivity contribution in [3.8, 4) is 0 Å². The fourth-order valence-corrected chi connectivity index (χ4v) is 5.44. The van der Waals surface area contributed by atoms with E-state index in [2.05, 4.69) is 10.3 Å². The minimum Gasteiger partial charge on any atom is -0.301 e. The Morgan fingerprint density at radius 3 is 2.71 bits per heavy atom. The fourth-order valence-electron chi connectivity index (χ4n) is 2.61. The highest BCUT2D eigenvalue weighted by atomic mass is 32.2. The molecule has 0 spiro atoms. The molecule has 0 aromatic heterocycles. The van der Waals surface area contributed by atoms with Crippen LogP contribution in [0.1, 0.15) is 24.2 Å². The van der Waals surface area contributed by atoms with Gasteiger partial charge in [0.05, 0.1) is 23.4 Å². The van der Waals surface area contributed by atoms with Gasteiger partial charge < -0.3 is 5.32 Å². The van der Waals surface area contributed by atoms with Crippen LogP contribution in [0, 0.1) is 5.41 Å². The van der Waals surface area contributed by atoms with E-state index in [1.807, 2.05) is 0 Å². The van der Waals surface area contributed by atoms with Crippen molar-refractivity contribution >= 4 is 44.5 Å². The number of benzene rings is 1. The summed E-state index contributed by atoms with van der Waals surface area (Å²) in [4.78, 5) is 28.8. The maximum Gasteiger partial charge on any atom is 0.257 e. The van der Waals surface area contributed by atoms with Gasteiger partial charge in [-0.05, 0) is 32.0 Å². The molecule has 0 aliphatic carbocycles. The summed E-state index contributed by atoms with van der Waals surface area (Å²) in [7, 11) is -3.74. The van der Waals surface area contributed by atoms with Gasteiger partial charge in [-0.1, -0.05) is 17.8 Å². The third-order valence-corrected chi connectivity index (χ3v) is 6.64. The van der Waals surface area contributed by atoms with E-state index in [1.54, 1.807) is 26.0 Å². The Labute approximate surface area is 144 Å². The topological polar surface area (TPSA) is 95.9 Å². The van der Waals surface area contributed by atoms with Crippen molar-refractivity contribution in [1.82, 2.24) is 5.32 Å². The zero-order valence-corrected chi connectivity index (χ0v) is 14.9. The molecular formula is C15H17N3O4S2. The molecule has 1 aromatic carbocycles. The number of amides is 2. The summed E-state index contributed by atoms with van der Waals surface area (Å²) in [6.45, 7) is 3.85. The molecule has 1 aromatic rings.